The van der Waals surface area contributed by atoms with E-state index in [0.717, 1.165) is 32.5 Å². The fourth-order valence-corrected chi connectivity index (χ4v) is 3.63. The Bertz CT molecular complexity index is 719. The van der Waals surface area contributed by atoms with Gasteiger partial charge in [0.25, 0.3) is 5.91 Å². The van der Waals surface area contributed by atoms with E-state index in [2.05, 4.69) is 10.2 Å². The molecule has 1 amide bonds. The highest BCUT2D eigenvalue weighted by atomic mass is 18.2. The highest BCUT2D eigenvalue weighted by Crippen LogP contribution is 2.28. The monoisotopic (exact) mass is 313 g/mol. The van der Waals surface area contributed by atoms with Crippen LogP contribution >= 0.6 is 0 Å². The average Bonchev–Trinajstić information content (AvgIpc) is 3.06. The zero-order valence-electron chi connectivity index (χ0n) is 12.8. The molecule has 1 aromatic heterocycles. The number of amides is 1. The molecule has 3 saturated heterocycles. The minimum Gasteiger partial charge on any atom is -0.451 e. The fourth-order valence-electron chi connectivity index (χ4n) is 3.63. The Morgan fingerprint density at radius 1 is 1.17 bits per heavy atom. The predicted octanol–water partition coefficient (Wildman–Crippen LogP) is 2.91. The van der Waals surface area contributed by atoms with Crippen LogP contribution in [0.2, 0.25) is 0 Å². The van der Waals surface area contributed by atoms with E-state index < -0.39 is 0 Å². The van der Waals surface area contributed by atoms with Crippen molar-refractivity contribution in [2.75, 3.05) is 19.6 Å². The summed E-state index contributed by atoms with van der Waals surface area (Å²) < 4.78 is 19.4. The Kier molecular flexibility index (Phi) is 3.65. The van der Waals surface area contributed by atoms with Gasteiger partial charge in [0.2, 0.25) is 0 Å². The number of furan rings is 1. The molecule has 3 aliphatic rings. The maximum Gasteiger partial charge on any atom is 0.287 e. The second-order valence-corrected chi connectivity index (χ2v) is 6.36. The second kappa shape index (κ2) is 5.81. The highest BCUT2D eigenvalue weighted by Gasteiger charge is 2.35. The third-order valence-electron chi connectivity index (χ3n) is 4.94. The average molecular weight is 313 g/mol. The summed E-state index contributed by atoms with van der Waals surface area (Å²) >= 11 is 0. The van der Waals surface area contributed by atoms with Crippen LogP contribution in [0.4, 0.5) is 4.39 Å². The molecule has 5 rings (SSSR count). The number of benzene rings is 1. The van der Waals surface area contributed by atoms with Crippen molar-refractivity contribution >= 4 is 5.91 Å². The van der Waals surface area contributed by atoms with Crippen molar-refractivity contribution in [3.8, 4) is 11.3 Å². The summed E-state index contributed by atoms with van der Waals surface area (Å²) in [6.07, 6.45) is 2.28. The minimum atomic E-state index is -0.355. The molecule has 0 aliphatic carbocycles. The normalized spacial score (nSPS) is 26.2. The third-order valence-corrected chi connectivity index (χ3v) is 4.94. The quantitative estimate of drug-likeness (QED) is 0.947. The molecule has 1 atom stereocenters. The molecular weight excluding hydrogens is 294 g/mol. The number of carbonyl (C=O) groups excluding carboxylic acids is 1. The van der Waals surface area contributed by atoms with Crippen molar-refractivity contribution in [1.29, 1.82) is 0 Å². The molecule has 0 saturated carbocycles. The zero-order chi connectivity index (χ0) is 15.8. The van der Waals surface area contributed by atoms with Crippen LogP contribution in [0.1, 0.15) is 23.4 Å². The Morgan fingerprint density at radius 3 is 2.65 bits per heavy atom. The Hall–Kier alpha value is -2.14. The molecule has 1 N–H and O–H groups in total. The van der Waals surface area contributed by atoms with Crippen molar-refractivity contribution < 1.29 is 13.6 Å². The van der Waals surface area contributed by atoms with Crippen LogP contribution in [-0.4, -0.2) is 36.5 Å². The van der Waals surface area contributed by atoms with Gasteiger partial charge < -0.3 is 14.6 Å². The van der Waals surface area contributed by atoms with Crippen LogP contribution in [0.5, 0.6) is 0 Å². The lowest BCUT2D eigenvalue weighted by molar-refractivity contribution is 0.0606. The first kappa shape index (κ1) is 14.5. The topological polar surface area (TPSA) is 45.5 Å². The van der Waals surface area contributed by atoms with Crippen LogP contribution in [0.3, 0.4) is 0 Å². The van der Waals surface area contributed by atoms with Gasteiger partial charge in [-0.2, -0.15) is 0 Å². The maximum absolute atomic E-state index is 13.8. The van der Waals surface area contributed by atoms with Gasteiger partial charge in [-0.3, -0.25) is 4.79 Å². The fraction of sp³-hybridized carbons (Fsp3) is 0.389. The van der Waals surface area contributed by atoms with E-state index in [-0.39, 0.29) is 23.5 Å². The standard InChI is InChI=1S/C18H19FN2O2/c19-14-4-2-1-3-13(14)16-5-6-17(23-16)18(22)20-15-11-21-9-7-12(15)8-10-21/h1-6,12,15H,7-11H2,(H,20,22)/t15-/m0/s1/i19-1. The lowest BCUT2D eigenvalue weighted by atomic mass is 9.84. The lowest BCUT2D eigenvalue weighted by Crippen LogP contribution is -2.57. The molecule has 4 heterocycles. The summed E-state index contributed by atoms with van der Waals surface area (Å²) in [5.74, 6) is 0.601. The largest absolute Gasteiger partial charge is 0.451 e. The van der Waals surface area contributed by atoms with Crippen molar-refractivity contribution in [2.45, 2.75) is 18.9 Å². The van der Waals surface area contributed by atoms with Gasteiger partial charge >= 0.3 is 0 Å². The first-order valence-electron chi connectivity index (χ1n) is 8.08. The number of piperidine rings is 3. The Balaban J connectivity index is 1.48. The number of halogens is 1. The first-order chi connectivity index (χ1) is 11.2. The molecule has 2 bridgehead atoms. The van der Waals surface area contributed by atoms with Gasteiger partial charge in [0, 0.05) is 12.6 Å². The van der Waals surface area contributed by atoms with Crippen LogP contribution in [0.15, 0.2) is 40.8 Å². The predicted molar refractivity (Wildman–Crippen MR) is 84.5 cm³/mol. The highest BCUT2D eigenvalue weighted by molar-refractivity contribution is 5.92. The molecule has 23 heavy (non-hydrogen) atoms. The molecule has 5 heteroatoms. The number of nitrogens with one attached hydrogen (secondary N) is 1. The van der Waals surface area contributed by atoms with Crippen LogP contribution in [-0.2, 0) is 0 Å². The van der Waals surface area contributed by atoms with Gasteiger partial charge in [-0.05, 0) is 56.1 Å². The van der Waals surface area contributed by atoms with E-state index in [1.807, 2.05) is 0 Å². The van der Waals surface area contributed by atoms with E-state index in [1.54, 1.807) is 30.3 Å². The van der Waals surface area contributed by atoms with Gasteiger partial charge in [0.05, 0.1) is 5.56 Å². The van der Waals surface area contributed by atoms with E-state index in [0.29, 0.717) is 17.2 Å². The lowest BCUT2D eigenvalue weighted by Gasteiger charge is -2.44. The number of rotatable bonds is 3. The summed E-state index contributed by atoms with van der Waals surface area (Å²) in [5, 5.41) is 3.08. The summed E-state index contributed by atoms with van der Waals surface area (Å²) in [7, 11) is 0. The third kappa shape index (κ3) is 2.77. The van der Waals surface area contributed by atoms with Crippen molar-refractivity contribution in [3.63, 3.8) is 0 Å². The number of hydrogen-bond acceptors (Lipinski definition) is 3. The van der Waals surface area contributed by atoms with Gasteiger partial charge in [-0.1, -0.05) is 12.1 Å². The number of hydrogen-bond donors (Lipinski definition) is 1. The molecule has 3 fully saturated rings. The molecule has 4 nitrogen and oxygen atoms in total. The van der Waals surface area contributed by atoms with Gasteiger partial charge in [-0.15, -0.1) is 0 Å². The van der Waals surface area contributed by atoms with E-state index in [4.69, 9.17) is 4.42 Å². The molecule has 1 aromatic carbocycles. The van der Waals surface area contributed by atoms with Crippen LogP contribution < -0.4 is 5.32 Å². The zero-order valence-corrected chi connectivity index (χ0v) is 12.8. The molecule has 0 spiro atoms. The van der Waals surface area contributed by atoms with Crippen molar-refractivity contribution in [3.05, 3.63) is 48.0 Å². The SMILES string of the molecule is O=C(N[C@H]1CN2CCC1CC2)c1ccc(-c2ccccc2[18F])o1. The maximum atomic E-state index is 13.8. The van der Waals surface area contributed by atoms with Gasteiger partial charge in [0.1, 0.15) is 11.6 Å². The Morgan fingerprint density at radius 2 is 1.96 bits per heavy atom. The summed E-state index contributed by atoms with van der Waals surface area (Å²) in [5.41, 5.74) is 0.370. The van der Waals surface area contributed by atoms with Gasteiger partial charge in [0.15, 0.2) is 5.76 Å². The molecule has 0 unspecified atom stereocenters. The molecule has 2 aromatic rings. The van der Waals surface area contributed by atoms with Crippen LogP contribution in [0.25, 0.3) is 11.3 Å². The minimum absolute atomic E-state index is 0.187. The van der Waals surface area contributed by atoms with E-state index in [9.17, 15) is 9.18 Å². The van der Waals surface area contributed by atoms with Crippen molar-refractivity contribution in [1.82, 2.24) is 10.2 Å². The Labute approximate surface area is 134 Å². The summed E-state index contributed by atoms with van der Waals surface area (Å²) in [6, 6.07) is 9.83. The summed E-state index contributed by atoms with van der Waals surface area (Å²) in [4.78, 5) is 14.8. The smallest absolute Gasteiger partial charge is 0.287 e. The number of carbonyl (C=O) groups is 1. The van der Waals surface area contributed by atoms with Crippen LogP contribution in [0, 0.1) is 11.7 Å². The van der Waals surface area contributed by atoms with Gasteiger partial charge in [-0.25, -0.2) is 4.39 Å². The molecule has 3 aliphatic heterocycles. The first-order valence-corrected chi connectivity index (χ1v) is 8.08. The van der Waals surface area contributed by atoms with Crippen molar-refractivity contribution in [2.24, 2.45) is 5.92 Å². The second-order valence-electron chi connectivity index (χ2n) is 6.36. The van der Waals surface area contributed by atoms with E-state index >= 15 is 0 Å². The summed E-state index contributed by atoms with van der Waals surface area (Å²) in [6.45, 7) is 3.18. The number of fused-ring (bicyclic) bond motifs is 3. The molecular formula is C18H19FN2O2. The molecule has 120 valence electrons. The van der Waals surface area contributed by atoms with E-state index in [1.165, 1.54) is 6.07 Å². The number of nitrogens with zero attached hydrogens (tertiary/aromatic N) is 1. The molecule has 0 radical (unpaired) electrons.